The number of benzene rings is 1. The highest BCUT2D eigenvalue weighted by Gasteiger charge is 2.33. The second-order valence-corrected chi connectivity index (χ2v) is 4.31. The van der Waals surface area contributed by atoms with E-state index in [1.54, 1.807) is 0 Å². The Kier molecular flexibility index (Phi) is 4.08. The summed E-state index contributed by atoms with van der Waals surface area (Å²) in [5, 5.41) is 20.9. The SMILES string of the molecule is CC(O)(CO)CNc1ccc(N)c(C(F)(F)F)c1. The van der Waals surface area contributed by atoms with Crippen molar-refractivity contribution in [2.45, 2.75) is 18.7 Å². The summed E-state index contributed by atoms with van der Waals surface area (Å²) in [4.78, 5) is 0. The number of anilines is 2. The van der Waals surface area contributed by atoms with Crippen LogP contribution in [0.4, 0.5) is 24.5 Å². The van der Waals surface area contributed by atoms with E-state index in [1.165, 1.54) is 13.0 Å². The molecule has 0 aliphatic rings. The summed E-state index contributed by atoms with van der Waals surface area (Å²) >= 11 is 0. The molecule has 4 nitrogen and oxygen atoms in total. The maximum Gasteiger partial charge on any atom is 0.418 e. The average Bonchev–Trinajstić information content (AvgIpc) is 2.26. The Morgan fingerprint density at radius 1 is 1.33 bits per heavy atom. The molecule has 0 bridgehead atoms. The van der Waals surface area contributed by atoms with Gasteiger partial charge in [-0.3, -0.25) is 0 Å². The Morgan fingerprint density at radius 2 is 1.94 bits per heavy atom. The highest BCUT2D eigenvalue weighted by Crippen LogP contribution is 2.35. The molecule has 1 aromatic rings. The maximum atomic E-state index is 12.6. The lowest BCUT2D eigenvalue weighted by Gasteiger charge is -2.22. The topological polar surface area (TPSA) is 78.5 Å². The summed E-state index contributed by atoms with van der Waals surface area (Å²) in [6.07, 6.45) is -4.53. The summed E-state index contributed by atoms with van der Waals surface area (Å²) in [6, 6.07) is 3.37. The van der Waals surface area contributed by atoms with E-state index >= 15 is 0 Å². The molecular formula is C11H15F3N2O2. The van der Waals surface area contributed by atoms with Crippen LogP contribution in [0.2, 0.25) is 0 Å². The largest absolute Gasteiger partial charge is 0.418 e. The van der Waals surface area contributed by atoms with E-state index in [2.05, 4.69) is 5.32 Å². The molecule has 0 spiro atoms. The summed E-state index contributed by atoms with van der Waals surface area (Å²) in [7, 11) is 0. The molecule has 0 heterocycles. The number of hydrogen-bond acceptors (Lipinski definition) is 4. The zero-order chi connectivity index (χ0) is 14.0. The first-order valence-corrected chi connectivity index (χ1v) is 5.19. The molecule has 0 aromatic heterocycles. The van der Waals surface area contributed by atoms with Gasteiger partial charge in [-0.1, -0.05) is 0 Å². The first kappa shape index (κ1) is 14.6. The number of rotatable bonds is 4. The molecule has 7 heteroatoms. The van der Waals surface area contributed by atoms with Crippen LogP contribution in [0.1, 0.15) is 12.5 Å². The van der Waals surface area contributed by atoms with Gasteiger partial charge in [0.1, 0.15) is 5.60 Å². The van der Waals surface area contributed by atoms with Gasteiger partial charge in [-0.05, 0) is 25.1 Å². The number of halogens is 3. The van der Waals surface area contributed by atoms with Crippen molar-refractivity contribution in [3.63, 3.8) is 0 Å². The minimum absolute atomic E-state index is 0.0787. The highest BCUT2D eigenvalue weighted by molar-refractivity contribution is 5.58. The molecule has 1 atom stereocenters. The molecule has 102 valence electrons. The van der Waals surface area contributed by atoms with Gasteiger partial charge >= 0.3 is 6.18 Å². The molecule has 0 saturated heterocycles. The van der Waals surface area contributed by atoms with Crippen LogP contribution < -0.4 is 11.1 Å². The lowest BCUT2D eigenvalue weighted by molar-refractivity contribution is -0.136. The lowest BCUT2D eigenvalue weighted by Crippen LogP contribution is -2.37. The Morgan fingerprint density at radius 3 is 2.44 bits per heavy atom. The quantitative estimate of drug-likeness (QED) is 0.621. The van der Waals surface area contributed by atoms with E-state index in [9.17, 15) is 18.3 Å². The van der Waals surface area contributed by atoms with Crippen LogP contribution in [-0.4, -0.2) is 29.0 Å². The fraction of sp³-hybridized carbons (Fsp3) is 0.455. The first-order valence-electron chi connectivity index (χ1n) is 5.19. The van der Waals surface area contributed by atoms with Gasteiger partial charge in [0, 0.05) is 17.9 Å². The van der Waals surface area contributed by atoms with Gasteiger partial charge in [0.05, 0.1) is 12.2 Å². The Balaban J connectivity index is 2.87. The van der Waals surface area contributed by atoms with Crippen molar-refractivity contribution >= 4 is 11.4 Å². The summed E-state index contributed by atoms with van der Waals surface area (Å²) in [5.41, 5.74) is 2.72. The fourth-order valence-corrected chi connectivity index (χ4v) is 1.26. The van der Waals surface area contributed by atoms with Crippen molar-refractivity contribution in [3.05, 3.63) is 23.8 Å². The van der Waals surface area contributed by atoms with Crippen molar-refractivity contribution in [2.24, 2.45) is 0 Å². The number of nitrogen functional groups attached to an aromatic ring is 1. The molecule has 0 aliphatic heterocycles. The minimum atomic E-state index is -4.53. The van der Waals surface area contributed by atoms with Crippen molar-refractivity contribution in [3.8, 4) is 0 Å². The molecule has 0 radical (unpaired) electrons. The minimum Gasteiger partial charge on any atom is -0.398 e. The number of alkyl halides is 3. The van der Waals surface area contributed by atoms with Crippen LogP contribution in [-0.2, 0) is 6.18 Å². The number of nitrogens with one attached hydrogen (secondary N) is 1. The van der Waals surface area contributed by atoms with E-state index in [1.807, 2.05) is 0 Å². The van der Waals surface area contributed by atoms with E-state index < -0.39 is 23.9 Å². The van der Waals surface area contributed by atoms with Crippen molar-refractivity contribution < 1.29 is 23.4 Å². The van der Waals surface area contributed by atoms with Gasteiger partial charge in [-0.2, -0.15) is 13.2 Å². The molecule has 1 unspecified atom stereocenters. The Hall–Kier alpha value is -1.47. The highest BCUT2D eigenvalue weighted by atomic mass is 19.4. The molecule has 1 aromatic carbocycles. The van der Waals surface area contributed by atoms with Gasteiger partial charge in [0.15, 0.2) is 0 Å². The predicted molar refractivity (Wildman–Crippen MR) is 62.1 cm³/mol. The first-order chi connectivity index (χ1) is 8.15. The Labute approximate surface area is 102 Å². The monoisotopic (exact) mass is 264 g/mol. The van der Waals surface area contributed by atoms with Crippen molar-refractivity contribution in [2.75, 3.05) is 24.2 Å². The Bertz CT molecular complexity index is 419. The lowest BCUT2D eigenvalue weighted by atomic mass is 10.1. The molecule has 0 saturated carbocycles. The summed E-state index contributed by atoms with van der Waals surface area (Å²) < 4.78 is 37.7. The molecule has 0 fully saturated rings. The number of aliphatic hydroxyl groups is 2. The number of aliphatic hydroxyl groups excluding tert-OH is 1. The van der Waals surface area contributed by atoms with Crippen LogP contribution in [0.25, 0.3) is 0 Å². The van der Waals surface area contributed by atoms with Gasteiger partial charge in [-0.15, -0.1) is 0 Å². The van der Waals surface area contributed by atoms with Crippen molar-refractivity contribution in [1.29, 1.82) is 0 Å². The van der Waals surface area contributed by atoms with Gasteiger partial charge in [0.25, 0.3) is 0 Å². The van der Waals surface area contributed by atoms with E-state index in [0.29, 0.717) is 0 Å². The van der Waals surface area contributed by atoms with Gasteiger partial charge in [-0.25, -0.2) is 0 Å². The van der Waals surface area contributed by atoms with Crippen LogP contribution in [0, 0.1) is 0 Å². The van der Waals surface area contributed by atoms with Crippen LogP contribution >= 0.6 is 0 Å². The predicted octanol–water partition coefficient (Wildman–Crippen LogP) is 1.44. The number of nitrogens with two attached hydrogens (primary N) is 1. The zero-order valence-corrected chi connectivity index (χ0v) is 9.75. The van der Waals surface area contributed by atoms with E-state index in [4.69, 9.17) is 10.8 Å². The van der Waals surface area contributed by atoms with Crippen molar-refractivity contribution in [1.82, 2.24) is 0 Å². The zero-order valence-electron chi connectivity index (χ0n) is 9.75. The maximum absolute atomic E-state index is 12.6. The summed E-state index contributed by atoms with van der Waals surface area (Å²) in [5.74, 6) is 0. The third-order valence-electron chi connectivity index (χ3n) is 2.37. The second-order valence-electron chi connectivity index (χ2n) is 4.31. The molecular weight excluding hydrogens is 249 g/mol. The standard InChI is InChI=1S/C11H15F3N2O2/c1-10(18,6-17)5-16-7-2-3-9(15)8(4-7)11(12,13)14/h2-4,16-18H,5-6,15H2,1H3. The third-order valence-corrected chi connectivity index (χ3v) is 2.37. The number of hydrogen-bond donors (Lipinski definition) is 4. The van der Waals surface area contributed by atoms with Crippen LogP contribution in [0.5, 0.6) is 0 Å². The average molecular weight is 264 g/mol. The molecule has 5 N–H and O–H groups in total. The van der Waals surface area contributed by atoms with Crippen LogP contribution in [0.3, 0.4) is 0 Å². The molecule has 0 aliphatic carbocycles. The normalized spacial score (nSPS) is 15.2. The second kappa shape index (κ2) is 5.03. The molecule has 1 rings (SSSR count). The smallest absolute Gasteiger partial charge is 0.398 e. The van der Waals surface area contributed by atoms with Crippen LogP contribution in [0.15, 0.2) is 18.2 Å². The molecule has 0 amide bonds. The van der Waals surface area contributed by atoms with Gasteiger partial charge in [0.2, 0.25) is 0 Å². The van der Waals surface area contributed by atoms with E-state index in [0.717, 1.165) is 12.1 Å². The molecule has 18 heavy (non-hydrogen) atoms. The fourth-order valence-electron chi connectivity index (χ4n) is 1.26. The third kappa shape index (κ3) is 3.78. The van der Waals surface area contributed by atoms with E-state index in [-0.39, 0.29) is 17.9 Å². The van der Waals surface area contributed by atoms with Gasteiger partial charge < -0.3 is 21.3 Å². The summed E-state index contributed by atoms with van der Waals surface area (Å²) in [6.45, 7) is 0.786.